The molecule has 8 nitrogen and oxygen atoms in total. The molecule has 3 unspecified atom stereocenters. The van der Waals surface area contributed by atoms with Gasteiger partial charge in [-0.2, -0.15) is 0 Å². The van der Waals surface area contributed by atoms with Crippen molar-refractivity contribution in [2.45, 2.75) is 90.8 Å². The van der Waals surface area contributed by atoms with E-state index in [4.69, 9.17) is 5.73 Å². The van der Waals surface area contributed by atoms with Crippen molar-refractivity contribution in [3.8, 4) is 0 Å². The second-order valence-corrected chi connectivity index (χ2v) is 10.2. The molecule has 2 rings (SSSR count). The third-order valence-electron chi connectivity index (χ3n) is 6.28. The van der Waals surface area contributed by atoms with E-state index in [0.717, 1.165) is 30.5 Å². The first kappa shape index (κ1) is 29.4. The Labute approximate surface area is 216 Å². The van der Waals surface area contributed by atoms with Crippen molar-refractivity contribution >= 4 is 17.7 Å². The van der Waals surface area contributed by atoms with Gasteiger partial charge in [-0.25, -0.2) is 0 Å². The third kappa shape index (κ3) is 10.4. The second-order valence-electron chi connectivity index (χ2n) is 10.2. The van der Waals surface area contributed by atoms with Crippen LogP contribution in [-0.4, -0.2) is 48.9 Å². The van der Waals surface area contributed by atoms with Gasteiger partial charge >= 0.3 is 0 Å². The van der Waals surface area contributed by atoms with Gasteiger partial charge in [0.1, 0.15) is 6.04 Å². The minimum atomic E-state index is -0.388. The fourth-order valence-electron chi connectivity index (χ4n) is 4.21. The van der Waals surface area contributed by atoms with Gasteiger partial charge in [0.2, 0.25) is 17.7 Å². The van der Waals surface area contributed by atoms with Gasteiger partial charge in [0, 0.05) is 24.7 Å². The maximum atomic E-state index is 12.9. The number of nitrogens with two attached hydrogens (primary N) is 1. The van der Waals surface area contributed by atoms with E-state index in [0.29, 0.717) is 38.1 Å². The van der Waals surface area contributed by atoms with Crippen LogP contribution in [0, 0.1) is 5.92 Å². The van der Waals surface area contributed by atoms with Crippen LogP contribution in [0.2, 0.25) is 0 Å². The number of carbonyl (C=O) groups is 3. The number of benzene rings is 1. The van der Waals surface area contributed by atoms with Gasteiger partial charge in [-0.3, -0.25) is 14.4 Å². The molecule has 1 aromatic carbocycles. The quantitative estimate of drug-likeness (QED) is 0.254. The number of likely N-dealkylation sites (N-methyl/N-ethyl adjacent to an activating group) is 1. The molecule has 8 heteroatoms. The lowest BCUT2D eigenvalue weighted by Crippen LogP contribution is -2.51. The number of allylic oxidation sites excluding steroid dienone is 1. The summed E-state index contributed by atoms with van der Waals surface area (Å²) in [6.07, 6.45) is 5.12. The number of nitrogens with one attached hydrogen (secondary N) is 4. The van der Waals surface area contributed by atoms with Gasteiger partial charge in [-0.1, -0.05) is 44.2 Å². The van der Waals surface area contributed by atoms with Crippen molar-refractivity contribution in [2.75, 3.05) is 13.1 Å². The number of hydrogen-bond donors (Lipinski definition) is 5. The summed E-state index contributed by atoms with van der Waals surface area (Å²) in [5.41, 5.74) is 8.99. The first-order valence-corrected chi connectivity index (χ1v) is 13.3. The summed E-state index contributed by atoms with van der Waals surface area (Å²) in [6, 6.07) is 9.21. The highest BCUT2D eigenvalue weighted by Gasteiger charge is 2.29. The third-order valence-corrected chi connectivity index (χ3v) is 6.28. The Kier molecular flexibility index (Phi) is 12.5. The molecule has 0 saturated heterocycles. The van der Waals surface area contributed by atoms with Crippen LogP contribution in [-0.2, 0) is 20.8 Å². The van der Waals surface area contributed by atoms with Gasteiger partial charge < -0.3 is 27.0 Å². The summed E-state index contributed by atoms with van der Waals surface area (Å²) >= 11 is 0. The molecule has 1 aliphatic rings. The molecule has 0 spiro atoms. The lowest BCUT2D eigenvalue weighted by molar-refractivity contribution is -0.126. The standard InChI is InChI=1S/C28H45N5O3/c1-5-30-28(36)24(16-19(2)3)33-27(22-12-9-13-22)23(17-21-10-7-6-8-11-21)32-26(35)18-31-25(34)15-14-20(4)29/h6-8,10-11,19-20,23-24,33H,5,9,12-18,29H2,1-4H3,(H,30,36)(H,31,34)(H,32,35). The molecular formula is C28H45N5O3. The van der Waals surface area contributed by atoms with E-state index in [1.165, 1.54) is 5.57 Å². The predicted octanol–water partition coefficient (Wildman–Crippen LogP) is 2.54. The van der Waals surface area contributed by atoms with Crippen molar-refractivity contribution in [3.63, 3.8) is 0 Å². The van der Waals surface area contributed by atoms with Crippen LogP contribution >= 0.6 is 0 Å². The van der Waals surface area contributed by atoms with Crippen LogP contribution < -0.4 is 27.0 Å². The highest BCUT2D eigenvalue weighted by Crippen LogP contribution is 2.30. The Balaban J connectivity index is 2.23. The maximum absolute atomic E-state index is 12.9. The first-order chi connectivity index (χ1) is 17.2. The van der Waals surface area contributed by atoms with E-state index < -0.39 is 0 Å². The number of amides is 3. The summed E-state index contributed by atoms with van der Waals surface area (Å²) in [4.78, 5) is 37.9. The van der Waals surface area contributed by atoms with Gasteiger partial charge in [-0.05, 0) is 69.4 Å². The topological polar surface area (TPSA) is 125 Å². The van der Waals surface area contributed by atoms with Crippen molar-refractivity contribution in [3.05, 3.63) is 47.2 Å². The van der Waals surface area contributed by atoms with E-state index in [1.54, 1.807) is 0 Å². The number of carbonyl (C=O) groups excluding carboxylic acids is 3. The van der Waals surface area contributed by atoms with Gasteiger partial charge in [0.05, 0.1) is 12.6 Å². The van der Waals surface area contributed by atoms with Crippen LogP contribution in [0.1, 0.15) is 71.8 Å². The molecule has 1 fully saturated rings. The predicted molar refractivity (Wildman–Crippen MR) is 144 cm³/mol. The molecule has 0 aliphatic heterocycles. The smallest absolute Gasteiger partial charge is 0.242 e. The van der Waals surface area contributed by atoms with Crippen LogP contribution in [0.3, 0.4) is 0 Å². The van der Waals surface area contributed by atoms with E-state index in [1.807, 2.05) is 44.2 Å². The van der Waals surface area contributed by atoms with Gasteiger partial charge in [0.25, 0.3) is 0 Å². The van der Waals surface area contributed by atoms with Crippen molar-refractivity contribution < 1.29 is 14.4 Å². The second kappa shape index (κ2) is 15.3. The zero-order chi connectivity index (χ0) is 26.5. The Morgan fingerprint density at radius 1 is 0.944 bits per heavy atom. The molecule has 6 N–H and O–H groups in total. The molecule has 1 aliphatic carbocycles. The SMILES string of the molecule is CCNC(=O)C(CC(C)C)NC(=C1CCC1)C(Cc1ccccc1)NC(=O)CNC(=O)CCC(C)N. The Hall–Kier alpha value is -2.87. The largest absolute Gasteiger partial charge is 0.375 e. The van der Waals surface area contributed by atoms with E-state index in [2.05, 4.69) is 35.1 Å². The molecule has 0 radical (unpaired) electrons. The Morgan fingerprint density at radius 2 is 1.64 bits per heavy atom. The minimum Gasteiger partial charge on any atom is -0.375 e. The van der Waals surface area contributed by atoms with Crippen LogP contribution in [0.5, 0.6) is 0 Å². The van der Waals surface area contributed by atoms with Crippen LogP contribution in [0.4, 0.5) is 0 Å². The molecule has 1 aromatic rings. The summed E-state index contributed by atoms with van der Waals surface area (Å²) in [7, 11) is 0. The molecular weight excluding hydrogens is 454 g/mol. The average Bonchev–Trinajstić information content (AvgIpc) is 2.79. The fraction of sp³-hybridized carbons (Fsp3) is 0.607. The zero-order valence-electron chi connectivity index (χ0n) is 22.4. The molecule has 0 aromatic heterocycles. The summed E-state index contributed by atoms with van der Waals surface area (Å²) in [5.74, 6) is -0.158. The fourth-order valence-corrected chi connectivity index (χ4v) is 4.21. The van der Waals surface area contributed by atoms with Crippen molar-refractivity contribution in [1.29, 1.82) is 0 Å². The lowest BCUT2D eigenvalue weighted by Gasteiger charge is -2.33. The molecule has 200 valence electrons. The van der Waals surface area contributed by atoms with Gasteiger partial charge in [-0.15, -0.1) is 0 Å². The maximum Gasteiger partial charge on any atom is 0.242 e. The monoisotopic (exact) mass is 499 g/mol. The number of hydrogen-bond acceptors (Lipinski definition) is 5. The Bertz CT molecular complexity index is 876. The molecule has 36 heavy (non-hydrogen) atoms. The van der Waals surface area contributed by atoms with Crippen molar-refractivity contribution in [2.24, 2.45) is 11.7 Å². The molecule has 0 heterocycles. The van der Waals surface area contributed by atoms with E-state index in [9.17, 15) is 14.4 Å². The molecule has 3 atom stereocenters. The molecule has 3 amide bonds. The highest BCUT2D eigenvalue weighted by atomic mass is 16.2. The highest BCUT2D eigenvalue weighted by molar-refractivity contribution is 5.85. The summed E-state index contributed by atoms with van der Waals surface area (Å²) in [6.45, 7) is 8.43. The molecule has 0 bridgehead atoms. The number of rotatable bonds is 15. The van der Waals surface area contributed by atoms with Crippen LogP contribution in [0.15, 0.2) is 41.6 Å². The summed E-state index contributed by atoms with van der Waals surface area (Å²) < 4.78 is 0. The summed E-state index contributed by atoms with van der Waals surface area (Å²) in [5, 5.41) is 12.3. The van der Waals surface area contributed by atoms with Crippen molar-refractivity contribution in [1.82, 2.24) is 21.3 Å². The normalized spacial score (nSPS) is 15.3. The van der Waals surface area contributed by atoms with Crippen LogP contribution in [0.25, 0.3) is 0 Å². The van der Waals surface area contributed by atoms with E-state index >= 15 is 0 Å². The lowest BCUT2D eigenvalue weighted by atomic mass is 9.86. The Morgan fingerprint density at radius 3 is 2.19 bits per heavy atom. The first-order valence-electron chi connectivity index (χ1n) is 13.3. The average molecular weight is 500 g/mol. The molecule has 1 saturated carbocycles. The zero-order valence-corrected chi connectivity index (χ0v) is 22.4. The van der Waals surface area contributed by atoms with E-state index in [-0.39, 0.29) is 42.4 Å². The van der Waals surface area contributed by atoms with Gasteiger partial charge in [0.15, 0.2) is 0 Å². The minimum absolute atomic E-state index is 0.0326.